The van der Waals surface area contributed by atoms with Crippen LogP contribution in [0.15, 0.2) is 60.7 Å². The molecule has 114 valence electrons. The molecule has 4 heteroatoms. The minimum atomic E-state index is -0.983. The molecule has 4 nitrogen and oxygen atoms in total. The minimum absolute atomic E-state index is 0.180. The van der Waals surface area contributed by atoms with Gasteiger partial charge in [0.1, 0.15) is 0 Å². The number of hydrogen-bond donors (Lipinski definition) is 2. The van der Waals surface area contributed by atoms with Gasteiger partial charge in [0.05, 0.1) is 0 Å². The van der Waals surface area contributed by atoms with Gasteiger partial charge < -0.3 is 10.2 Å². The maximum Gasteiger partial charge on any atom is 0.303 e. The molecule has 0 saturated carbocycles. The Labute approximate surface area is 129 Å². The van der Waals surface area contributed by atoms with E-state index in [0.717, 1.165) is 11.1 Å². The Bertz CT molecular complexity index is 567. The zero-order chi connectivity index (χ0) is 15.9. The van der Waals surface area contributed by atoms with Crippen LogP contribution < -0.4 is 0 Å². The SMILES string of the molecule is O=C(O)CC(CC(=O)O)C(c1ccccc1)c1ccccc1. The fourth-order valence-corrected chi connectivity index (χ4v) is 2.81. The molecule has 0 amide bonds. The fourth-order valence-electron chi connectivity index (χ4n) is 2.81. The second kappa shape index (κ2) is 7.41. The van der Waals surface area contributed by atoms with Gasteiger partial charge in [0, 0.05) is 18.8 Å². The van der Waals surface area contributed by atoms with Crippen molar-refractivity contribution in [1.82, 2.24) is 0 Å². The molecular formula is C18H18O4. The van der Waals surface area contributed by atoms with E-state index in [0.29, 0.717) is 0 Å². The first-order chi connectivity index (χ1) is 10.6. The van der Waals surface area contributed by atoms with Crippen LogP contribution in [-0.4, -0.2) is 22.2 Å². The molecule has 2 aromatic carbocycles. The van der Waals surface area contributed by atoms with Gasteiger partial charge in [0.25, 0.3) is 0 Å². The third-order valence-electron chi connectivity index (χ3n) is 3.66. The molecule has 0 aromatic heterocycles. The van der Waals surface area contributed by atoms with Crippen LogP contribution in [-0.2, 0) is 9.59 Å². The van der Waals surface area contributed by atoms with Crippen molar-refractivity contribution in [3.63, 3.8) is 0 Å². The summed E-state index contributed by atoms with van der Waals surface area (Å²) in [5, 5.41) is 18.3. The third kappa shape index (κ3) is 4.19. The lowest BCUT2D eigenvalue weighted by atomic mass is 9.77. The summed E-state index contributed by atoms with van der Waals surface area (Å²) in [6.45, 7) is 0. The lowest BCUT2D eigenvalue weighted by molar-refractivity contribution is -0.140. The Kier molecular flexibility index (Phi) is 5.31. The van der Waals surface area contributed by atoms with E-state index in [1.54, 1.807) is 0 Å². The molecule has 0 spiro atoms. The van der Waals surface area contributed by atoms with Crippen molar-refractivity contribution >= 4 is 11.9 Å². The Morgan fingerprint density at radius 1 is 0.727 bits per heavy atom. The van der Waals surface area contributed by atoms with Crippen LogP contribution in [0.25, 0.3) is 0 Å². The molecule has 0 aliphatic carbocycles. The van der Waals surface area contributed by atoms with Gasteiger partial charge in [-0.15, -0.1) is 0 Å². The summed E-state index contributed by atoms with van der Waals surface area (Å²) >= 11 is 0. The summed E-state index contributed by atoms with van der Waals surface area (Å²) in [7, 11) is 0. The van der Waals surface area contributed by atoms with Gasteiger partial charge in [-0.2, -0.15) is 0 Å². The number of carboxylic acids is 2. The maximum atomic E-state index is 11.2. The molecule has 0 heterocycles. The predicted octanol–water partition coefficient (Wildman–Crippen LogP) is 3.38. The van der Waals surface area contributed by atoms with E-state index >= 15 is 0 Å². The van der Waals surface area contributed by atoms with Gasteiger partial charge in [-0.3, -0.25) is 9.59 Å². The van der Waals surface area contributed by atoms with Gasteiger partial charge in [0.15, 0.2) is 0 Å². The van der Waals surface area contributed by atoms with E-state index in [9.17, 15) is 9.59 Å². The molecule has 0 fully saturated rings. The summed E-state index contributed by atoms with van der Waals surface area (Å²) < 4.78 is 0. The van der Waals surface area contributed by atoms with Crippen LogP contribution in [0, 0.1) is 5.92 Å². The second-order valence-electron chi connectivity index (χ2n) is 5.25. The van der Waals surface area contributed by atoms with Gasteiger partial charge >= 0.3 is 11.9 Å². The van der Waals surface area contributed by atoms with Crippen molar-refractivity contribution in [3.8, 4) is 0 Å². The van der Waals surface area contributed by atoms with Gasteiger partial charge in [-0.1, -0.05) is 60.7 Å². The molecule has 2 rings (SSSR count). The van der Waals surface area contributed by atoms with E-state index in [1.165, 1.54) is 0 Å². The molecule has 0 aliphatic rings. The van der Waals surface area contributed by atoms with Crippen LogP contribution in [0.3, 0.4) is 0 Å². The first-order valence-corrected chi connectivity index (χ1v) is 7.11. The van der Waals surface area contributed by atoms with E-state index in [4.69, 9.17) is 10.2 Å². The van der Waals surface area contributed by atoms with Gasteiger partial charge in [-0.25, -0.2) is 0 Å². The van der Waals surface area contributed by atoms with Crippen LogP contribution in [0.4, 0.5) is 0 Å². The molecule has 2 aromatic rings. The highest BCUT2D eigenvalue weighted by Crippen LogP contribution is 2.36. The lowest BCUT2D eigenvalue weighted by Crippen LogP contribution is -2.21. The van der Waals surface area contributed by atoms with E-state index in [-0.39, 0.29) is 18.8 Å². The van der Waals surface area contributed by atoms with Crippen molar-refractivity contribution < 1.29 is 19.8 Å². The molecule has 0 aliphatic heterocycles. The summed E-state index contributed by atoms with van der Waals surface area (Å²) in [5.74, 6) is -2.72. The maximum absolute atomic E-state index is 11.2. The molecule has 0 saturated heterocycles. The Morgan fingerprint density at radius 3 is 1.41 bits per heavy atom. The molecule has 22 heavy (non-hydrogen) atoms. The predicted molar refractivity (Wildman–Crippen MR) is 82.7 cm³/mol. The first kappa shape index (κ1) is 15.8. The Hall–Kier alpha value is -2.62. The van der Waals surface area contributed by atoms with Crippen molar-refractivity contribution in [3.05, 3.63) is 71.8 Å². The molecule has 0 radical (unpaired) electrons. The van der Waals surface area contributed by atoms with E-state index in [2.05, 4.69) is 0 Å². The Balaban J connectivity index is 2.45. The molecule has 0 unspecified atom stereocenters. The number of aliphatic carboxylic acids is 2. The van der Waals surface area contributed by atoms with Crippen molar-refractivity contribution in [2.75, 3.05) is 0 Å². The Morgan fingerprint density at radius 2 is 1.09 bits per heavy atom. The highest BCUT2D eigenvalue weighted by atomic mass is 16.4. The van der Waals surface area contributed by atoms with Crippen molar-refractivity contribution in [2.45, 2.75) is 18.8 Å². The first-order valence-electron chi connectivity index (χ1n) is 7.11. The molecule has 2 N–H and O–H groups in total. The fraction of sp³-hybridized carbons (Fsp3) is 0.222. The van der Waals surface area contributed by atoms with Crippen molar-refractivity contribution in [2.24, 2.45) is 5.92 Å². The normalized spacial score (nSPS) is 10.8. The number of hydrogen-bond acceptors (Lipinski definition) is 2. The van der Waals surface area contributed by atoms with E-state index in [1.807, 2.05) is 60.7 Å². The summed E-state index contributed by atoms with van der Waals surface area (Å²) in [6, 6.07) is 18.9. The molecular weight excluding hydrogens is 280 g/mol. The van der Waals surface area contributed by atoms with E-state index < -0.39 is 17.9 Å². The average Bonchev–Trinajstić information content (AvgIpc) is 2.48. The number of carbonyl (C=O) groups is 2. The lowest BCUT2D eigenvalue weighted by Gasteiger charge is -2.26. The van der Waals surface area contributed by atoms with Crippen LogP contribution >= 0.6 is 0 Å². The standard InChI is InChI=1S/C18H18O4/c19-16(20)11-15(12-17(21)22)18(13-7-3-1-4-8-13)14-9-5-2-6-10-14/h1-10,15,18H,11-12H2,(H,19,20)(H,21,22). The summed E-state index contributed by atoms with van der Waals surface area (Å²) in [6.07, 6.45) is -0.360. The zero-order valence-electron chi connectivity index (χ0n) is 12.1. The quantitative estimate of drug-likeness (QED) is 0.821. The largest absolute Gasteiger partial charge is 0.481 e. The van der Waals surface area contributed by atoms with Gasteiger partial charge in [-0.05, 0) is 17.0 Å². The number of benzene rings is 2. The third-order valence-corrected chi connectivity index (χ3v) is 3.66. The topological polar surface area (TPSA) is 74.6 Å². The van der Waals surface area contributed by atoms with Crippen LogP contribution in [0.5, 0.6) is 0 Å². The minimum Gasteiger partial charge on any atom is -0.481 e. The highest BCUT2D eigenvalue weighted by Gasteiger charge is 2.28. The molecule has 0 bridgehead atoms. The second-order valence-corrected chi connectivity index (χ2v) is 5.25. The average molecular weight is 298 g/mol. The smallest absolute Gasteiger partial charge is 0.303 e. The molecule has 0 atom stereocenters. The summed E-state index contributed by atoms with van der Waals surface area (Å²) in [5.41, 5.74) is 1.86. The monoisotopic (exact) mass is 298 g/mol. The van der Waals surface area contributed by atoms with Crippen molar-refractivity contribution in [1.29, 1.82) is 0 Å². The van der Waals surface area contributed by atoms with Crippen LogP contribution in [0.1, 0.15) is 29.9 Å². The highest BCUT2D eigenvalue weighted by molar-refractivity contribution is 5.71. The number of rotatable bonds is 7. The van der Waals surface area contributed by atoms with Crippen LogP contribution in [0.2, 0.25) is 0 Å². The van der Waals surface area contributed by atoms with Gasteiger partial charge in [0.2, 0.25) is 0 Å². The summed E-state index contributed by atoms with van der Waals surface area (Å²) in [4.78, 5) is 22.3. The number of carboxylic acid groups (broad SMARTS) is 2. The zero-order valence-corrected chi connectivity index (χ0v) is 12.1.